The lowest BCUT2D eigenvalue weighted by Crippen LogP contribution is -2.24. The number of hydrogen-bond acceptors (Lipinski definition) is 5. The first kappa shape index (κ1) is 14.4. The molecule has 7 heteroatoms. The van der Waals surface area contributed by atoms with E-state index >= 15 is 0 Å². The van der Waals surface area contributed by atoms with Gasteiger partial charge in [-0.15, -0.1) is 11.3 Å². The molecule has 0 aliphatic carbocycles. The number of β-amino-alcohol motifs (C(OH)–C–C–N with tert-alkyl or cyclic N) is 1. The monoisotopic (exact) mass is 311 g/mol. The molecule has 4 nitrogen and oxygen atoms in total. The van der Waals surface area contributed by atoms with Crippen LogP contribution in [0.1, 0.15) is 22.9 Å². The van der Waals surface area contributed by atoms with Crippen molar-refractivity contribution in [2.75, 3.05) is 12.3 Å². The summed E-state index contributed by atoms with van der Waals surface area (Å²) >= 11 is 1.36. The van der Waals surface area contributed by atoms with Crippen molar-refractivity contribution < 1.29 is 13.9 Å². The number of benzene rings is 1. The van der Waals surface area contributed by atoms with Crippen LogP contribution in [0.3, 0.4) is 0 Å². The summed E-state index contributed by atoms with van der Waals surface area (Å²) in [6.45, 7) is 0.922. The van der Waals surface area contributed by atoms with Crippen LogP contribution in [0, 0.1) is 11.6 Å². The van der Waals surface area contributed by atoms with Crippen molar-refractivity contribution in [1.29, 1.82) is 0 Å². The van der Waals surface area contributed by atoms with Gasteiger partial charge in [0.15, 0.2) is 5.13 Å². The van der Waals surface area contributed by atoms with Gasteiger partial charge < -0.3 is 10.8 Å². The van der Waals surface area contributed by atoms with E-state index in [2.05, 4.69) is 4.98 Å². The van der Waals surface area contributed by atoms with E-state index in [4.69, 9.17) is 5.73 Å². The minimum absolute atomic E-state index is 0.282. The highest BCUT2D eigenvalue weighted by atomic mass is 32.1. The van der Waals surface area contributed by atoms with E-state index in [9.17, 15) is 13.9 Å². The number of halogens is 2. The predicted octanol–water partition coefficient (Wildman–Crippen LogP) is 2.31. The van der Waals surface area contributed by atoms with Crippen molar-refractivity contribution in [2.24, 2.45) is 0 Å². The third-order valence-corrected chi connectivity index (χ3v) is 4.44. The molecule has 1 aliphatic heterocycles. The number of nitrogen functional groups attached to an aromatic ring is 1. The second-order valence-electron chi connectivity index (χ2n) is 5.17. The fourth-order valence-corrected chi connectivity index (χ4v) is 3.45. The molecule has 0 radical (unpaired) electrons. The first-order chi connectivity index (χ1) is 10.0. The Morgan fingerprint density at radius 2 is 2.24 bits per heavy atom. The predicted molar refractivity (Wildman–Crippen MR) is 76.7 cm³/mol. The van der Waals surface area contributed by atoms with Crippen LogP contribution < -0.4 is 5.73 Å². The lowest BCUT2D eigenvalue weighted by Gasteiger charge is -2.24. The Balaban J connectivity index is 1.86. The summed E-state index contributed by atoms with van der Waals surface area (Å²) in [5, 5.41) is 10.4. The van der Waals surface area contributed by atoms with E-state index in [1.54, 1.807) is 6.20 Å². The summed E-state index contributed by atoms with van der Waals surface area (Å²) in [5.74, 6) is -0.931. The van der Waals surface area contributed by atoms with Crippen LogP contribution in [0.2, 0.25) is 0 Å². The van der Waals surface area contributed by atoms with Gasteiger partial charge in [-0.3, -0.25) is 4.90 Å². The van der Waals surface area contributed by atoms with Crippen LogP contribution >= 0.6 is 11.3 Å². The van der Waals surface area contributed by atoms with Gasteiger partial charge in [0.1, 0.15) is 11.6 Å². The number of aliphatic hydroxyl groups is 1. The molecule has 2 atom stereocenters. The van der Waals surface area contributed by atoms with Gasteiger partial charge in [0.25, 0.3) is 0 Å². The highest BCUT2D eigenvalue weighted by Crippen LogP contribution is 2.35. The molecule has 1 fully saturated rings. The minimum atomic E-state index is -0.553. The van der Waals surface area contributed by atoms with Gasteiger partial charge in [-0.1, -0.05) is 0 Å². The van der Waals surface area contributed by atoms with Crippen LogP contribution in [0.5, 0.6) is 0 Å². The zero-order chi connectivity index (χ0) is 15.0. The highest BCUT2D eigenvalue weighted by molar-refractivity contribution is 7.15. The molecule has 21 heavy (non-hydrogen) atoms. The number of aromatic nitrogens is 1. The zero-order valence-corrected chi connectivity index (χ0v) is 12.0. The molecule has 112 valence electrons. The average Bonchev–Trinajstić information content (AvgIpc) is 2.99. The van der Waals surface area contributed by atoms with Crippen molar-refractivity contribution in [2.45, 2.75) is 25.1 Å². The van der Waals surface area contributed by atoms with Crippen LogP contribution in [-0.4, -0.2) is 27.6 Å². The third-order valence-electron chi connectivity index (χ3n) is 3.63. The number of nitrogens with two attached hydrogens (primary N) is 1. The van der Waals surface area contributed by atoms with Gasteiger partial charge in [-0.05, 0) is 24.6 Å². The topological polar surface area (TPSA) is 62.4 Å². The first-order valence-electron chi connectivity index (χ1n) is 6.60. The summed E-state index contributed by atoms with van der Waals surface area (Å²) < 4.78 is 27.3. The Morgan fingerprint density at radius 1 is 1.43 bits per heavy atom. The minimum Gasteiger partial charge on any atom is -0.392 e. The normalized spacial score (nSPS) is 22.8. The maximum Gasteiger partial charge on any atom is 0.180 e. The van der Waals surface area contributed by atoms with Crippen molar-refractivity contribution in [1.82, 2.24) is 9.88 Å². The van der Waals surface area contributed by atoms with E-state index in [1.165, 1.54) is 17.4 Å². The smallest absolute Gasteiger partial charge is 0.180 e. The molecule has 0 amide bonds. The summed E-state index contributed by atoms with van der Waals surface area (Å²) in [5.41, 5.74) is 5.88. The number of likely N-dealkylation sites (tertiary alicyclic amines) is 1. The number of nitrogens with zero attached hydrogens (tertiary/aromatic N) is 2. The maximum atomic E-state index is 14.0. The summed E-state index contributed by atoms with van der Waals surface area (Å²) in [6.07, 6.45) is 1.50. The van der Waals surface area contributed by atoms with Crippen LogP contribution in [0.15, 0.2) is 24.4 Å². The van der Waals surface area contributed by atoms with E-state index < -0.39 is 17.7 Å². The molecule has 0 spiro atoms. The van der Waals surface area contributed by atoms with E-state index in [0.29, 0.717) is 24.6 Å². The number of hydrogen-bond donors (Lipinski definition) is 2. The van der Waals surface area contributed by atoms with Gasteiger partial charge in [0, 0.05) is 35.8 Å². The van der Waals surface area contributed by atoms with Gasteiger partial charge in [-0.2, -0.15) is 0 Å². The molecule has 2 unspecified atom stereocenters. The van der Waals surface area contributed by atoms with Crippen molar-refractivity contribution in [3.8, 4) is 0 Å². The Kier molecular flexibility index (Phi) is 3.88. The van der Waals surface area contributed by atoms with Crippen molar-refractivity contribution in [3.63, 3.8) is 0 Å². The molecule has 1 saturated heterocycles. The van der Waals surface area contributed by atoms with Crippen molar-refractivity contribution in [3.05, 3.63) is 46.5 Å². The molecular formula is C14H15F2N3OS. The summed E-state index contributed by atoms with van der Waals surface area (Å²) in [4.78, 5) is 6.84. The van der Waals surface area contributed by atoms with Gasteiger partial charge in [0.2, 0.25) is 0 Å². The lowest BCUT2D eigenvalue weighted by molar-refractivity contribution is 0.173. The second kappa shape index (κ2) is 5.67. The Morgan fingerprint density at radius 3 is 2.95 bits per heavy atom. The molecule has 3 N–H and O–H groups in total. The number of thiazole rings is 1. The largest absolute Gasteiger partial charge is 0.392 e. The van der Waals surface area contributed by atoms with E-state index in [0.717, 1.165) is 17.0 Å². The maximum absolute atomic E-state index is 14.0. The van der Waals surface area contributed by atoms with Crippen LogP contribution in [0.4, 0.5) is 13.9 Å². The van der Waals surface area contributed by atoms with E-state index in [1.807, 2.05) is 4.90 Å². The molecule has 0 bridgehead atoms. The zero-order valence-electron chi connectivity index (χ0n) is 11.2. The molecule has 3 rings (SSSR count). The molecule has 1 aliphatic rings. The number of rotatable bonds is 3. The van der Waals surface area contributed by atoms with Crippen LogP contribution in [-0.2, 0) is 6.54 Å². The third kappa shape index (κ3) is 3.04. The Hall–Kier alpha value is -1.57. The fourth-order valence-electron chi connectivity index (χ4n) is 2.74. The lowest BCUT2D eigenvalue weighted by atomic mass is 10.0. The Bertz CT molecular complexity index is 649. The number of anilines is 1. The molecule has 1 aromatic carbocycles. The standard InChI is InChI=1S/C14H15F2N3OS/c15-8-1-2-12(16)11(3-8)13-4-9(20)6-19(13)7-10-5-18-14(17)21-10/h1-3,5,9,13,20H,4,6-7H2,(H2,17,18). The number of aliphatic hydroxyl groups excluding tert-OH is 1. The van der Waals surface area contributed by atoms with E-state index in [-0.39, 0.29) is 11.6 Å². The molecular weight excluding hydrogens is 296 g/mol. The summed E-state index contributed by atoms with van der Waals surface area (Å²) in [6, 6.07) is 3.07. The van der Waals surface area contributed by atoms with Crippen LogP contribution in [0.25, 0.3) is 0 Å². The molecule has 2 aromatic rings. The Labute approximate surface area is 124 Å². The SMILES string of the molecule is Nc1ncc(CN2CC(O)CC2c2cc(F)ccc2F)s1. The van der Waals surface area contributed by atoms with Gasteiger partial charge >= 0.3 is 0 Å². The van der Waals surface area contributed by atoms with Gasteiger partial charge in [-0.25, -0.2) is 13.8 Å². The highest BCUT2D eigenvalue weighted by Gasteiger charge is 2.34. The summed E-state index contributed by atoms with van der Waals surface area (Å²) in [7, 11) is 0. The van der Waals surface area contributed by atoms with Gasteiger partial charge in [0.05, 0.1) is 6.10 Å². The second-order valence-corrected chi connectivity index (χ2v) is 6.31. The molecule has 1 aromatic heterocycles. The first-order valence-corrected chi connectivity index (χ1v) is 7.42. The fraction of sp³-hybridized carbons (Fsp3) is 0.357. The molecule has 2 heterocycles. The molecule has 0 saturated carbocycles. The average molecular weight is 311 g/mol. The quantitative estimate of drug-likeness (QED) is 0.913. The van der Waals surface area contributed by atoms with Crippen molar-refractivity contribution >= 4 is 16.5 Å².